The Labute approximate surface area is 161 Å². The molecule has 3 nitrogen and oxygen atoms in total. The van der Waals surface area contributed by atoms with Crippen molar-refractivity contribution in [2.24, 2.45) is 5.11 Å². The summed E-state index contributed by atoms with van der Waals surface area (Å²) in [7, 11) is 0. The zero-order valence-electron chi connectivity index (χ0n) is 15.6. The minimum Gasteiger partial charge on any atom is -0.0859 e. The molecule has 136 valence electrons. The molecule has 0 radical (unpaired) electrons. The molecule has 3 heteroatoms. The average molecular weight is 355 g/mol. The van der Waals surface area contributed by atoms with Gasteiger partial charge in [-0.1, -0.05) is 103 Å². The first-order valence-corrected chi connectivity index (χ1v) is 9.47. The lowest BCUT2D eigenvalue weighted by Gasteiger charge is -2.25. The summed E-state index contributed by atoms with van der Waals surface area (Å²) in [5, 5.41) is 4.12. The van der Waals surface area contributed by atoms with Crippen LogP contribution in [0.1, 0.15) is 54.3 Å². The topological polar surface area (TPSA) is 48.8 Å². The number of nitrogens with zero attached hydrogens (tertiary/aromatic N) is 3. The van der Waals surface area contributed by atoms with Crippen LogP contribution in [-0.2, 0) is 0 Å². The van der Waals surface area contributed by atoms with Crippen LogP contribution in [0.2, 0.25) is 0 Å². The van der Waals surface area contributed by atoms with Gasteiger partial charge in [-0.15, -0.1) is 0 Å². The van der Waals surface area contributed by atoms with Crippen LogP contribution in [0.15, 0.2) is 96.1 Å². The highest BCUT2D eigenvalue weighted by atomic mass is 15.1. The molecule has 0 fully saturated rings. The third-order valence-corrected chi connectivity index (χ3v) is 5.16. The van der Waals surface area contributed by atoms with Gasteiger partial charge in [-0.3, -0.25) is 0 Å². The molecule has 3 aromatic carbocycles. The molecule has 0 aliphatic rings. The first kappa shape index (κ1) is 18.8. The Kier molecular flexibility index (Phi) is 6.67. The fourth-order valence-corrected chi connectivity index (χ4v) is 3.69. The van der Waals surface area contributed by atoms with E-state index in [2.05, 4.69) is 71.5 Å². The van der Waals surface area contributed by atoms with E-state index in [0.717, 1.165) is 18.4 Å². The molecule has 3 rings (SSSR count). The highest BCUT2D eigenvalue weighted by Gasteiger charge is 2.21. The van der Waals surface area contributed by atoms with Crippen molar-refractivity contribution in [3.05, 3.63) is 118 Å². The lowest BCUT2D eigenvalue weighted by Crippen LogP contribution is -2.09. The summed E-state index contributed by atoms with van der Waals surface area (Å²) in [4.78, 5) is 3.12. The van der Waals surface area contributed by atoms with E-state index in [4.69, 9.17) is 5.53 Å². The Morgan fingerprint density at radius 2 is 1.19 bits per heavy atom. The summed E-state index contributed by atoms with van der Waals surface area (Å²) in [6.45, 7) is 2.27. The van der Waals surface area contributed by atoms with Gasteiger partial charge < -0.3 is 0 Å². The average Bonchev–Trinajstić information content (AvgIpc) is 2.74. The molecule has 3 atom stereocenters. The number of rotatable bonds is 8. The maximum Gasteiger partial charge on any atom is 0.0631 e. The van der Waals surface area contributed by atoms with Gasteiger partial charge in [0.1, 0.15) is 0 Å². The van der Waals surface area contributed by atoms with Gasteiger partial charge in [0.15, 0.2) is 0 Å². The Morgan fingerprint density at radius 1 is 0.704 bits per heavy atom. The van der Waals surface area contributed by atoms with Gasteiger partial charge >= 0.3 is 0 Å². The molecule has 0 bridgehead atoms. The van der Waals surface area contributed by atoms with Gasteiger partial charge in [0, 0.05) is 4.91 Å². The van der Waals surface area contributed by atoms with Crippen molar-refractivity contribution in [1.29, 1.82) is 0 Å². The Hall–Kier alpha value is -3.03. The second-order valence-electron chi connectivity index (χ2n) is 7.02. The van der Waals surface area contributed by atoms with Crippen molar-refractivity contribution in [2.75, 3.05) is 0 Å². The Balaban J connectivity index is 1.86. The normalized spacial score (nSPS) is 14.0. The van der Waals surface area contributed by atoms with Crippen molar-refractivity contribution in [3.8, 4) is 0 Å². The summed E-state index contributed by atoms with van der Waals surface area (Å²) in [6, 6.07) is 31.1. The van der Waals surface area contributed by atoms with Gasteiger partial charge in [-0.25, -0.2) is 0 Å². The molecule has 27 heavy (non-hydrogen) atoms. The van der Waals surface area contributed by atoms with E-state index in [1.54, 1.807) is 0 Å². The summed E-state index contributed by atoms with van der Waals surface area (Å²) in [5.41, 5.74) is 12.8. The van der Waals surface area contributed by atoms with E-state index in [1.165, 1.54) is 11.1 Å². The van der Waals surface area contributed by atoms with E-state index in [0.29, 0.717) is 11.8 Å². The molecule has 0 saturated heterocycles. The fourth-order valence-electron chi connectivity index (χ4n) is 3.69. The molecule has 3 aromatic rings. The third-order valence-electron chi connectivity index (χ3n) is 5.16. The monoisotopic (exact) mass is 355 g/mol. The van der Waals surface area contributed by atoms with Crippen LogP contribution in [0.25, 0.3) is 10.4 Å². The first-order chi connectivity index (χ1) is 13.3. The molecule has 0 aliphatic carbocycles. The zero-order valence-corrected chi connectivity index (χ0v) is 15.6. The smallest absolute Gasteiger partial charge is 0.0631 e. The van der Waals surface area contributed by atoms with Crippen LogP contribution in [-0.4, -0.2) is 0 Å². The van der Waals surface area contributed by atoms with Crippen molar-refractivity contribution in [3.63, 3.8) is 0 Å². The van der Waals surface area contributed by atoms with E-state index in [9.17, 15) is 0 Å². The minimum absolute atomic E-state index is 0.163. The zero-order chi connectivity index (χ0) is 18.9. The summed E-state index contributed by atoms with van der Waals surface area (Å²) < 4.78 is 0. The molecular weight excluding hydrogens is 330 g/mol. The van der Waals surface area contributed by atoms with Gasteiger partial charge in [-0.2, -0.15) is 0 Å². The van der Waals surface area contributed by atoms with Crippen molar-refractivity contribution in [1.82, 2.24) is 0 Å². The van der Waals surface area contributed by atoms with Gasteiger partial charge in [0.05, 0.1) is 6.04 Å². The molecule has 3 unspecified atom stereocenters. The second-order valence-corrected chi connectivity index (χ2v) is 7.02. The van der Waals surface area contributed by atoms with Crippen LogP contribution in [0.5, 0.6) is 0 Å². The van der Waals surface area contributed by atoms with E-state index in [1.807, 2.05) is 36.4 Å². The first-order valence-electron chi connectivity index (χ1n) is 9.47. The van der Waals surface area contributed by atoms with Crippen LogP contribution in [0.4, 0.5) is 0 Å². The predicted octanol–water partition coefficient (Wildman–Crippen LogP) is 7.41. The maximum atomic E-state index is 9.10. The lowest BCUT2D eigenvalue weighted by atomic mass is 9.81. The number of hydrogen-bond donors (Lipinski definition) is 0. The van der Waals surface area contributed by atoms with Gasteiger partial charge in [-0.05, 0) is 46.9 Å². The summed E-state index contributed by atoms with van der Waals surface area (Å²) in [5.74, 6) is 0.746. The van der Waals surface area contributed by atoms with E-state index < -0.39 is 0 Å². The van der Waals surface area contributed by atoms with Crippen LogP contribution >= 0.6 is 0 Å². The molecule has 0 aromatic heterocycles. The Bertz CT molecular complexity index is 856. The maximum absolute atomic E-state index is 9.10. The van der Waals surface area contributed by atoms with Crippen molar-refractivity contribution < 1.29 is 0 Å². The van der Waals surface area contributed by atoms with Crippen molar-refractivity contribution in [2.45, 2.75) is 37.6 Å². The lowest BCUT2D eigenvalue weighted by molar-refractivity contribution is 0.480. The second kappa shape index (κ2) is 9.61. The quantitative estimate of drug-likeness (QED) is 0.229. The van der Waals surface area contributed by atoms with Gasteiger partial charge in [0.2, 0.25) is 0 Å². The molecule has 0 heterocycles. The number of azide groups is 1. The van der Waals surface area contributed by atoms with Crippen LogP contribution < -0.4 is 0 Å². The van der Waals surface area contributed by atoms with Crippen LogP contribution in [0, 0.1) is 0 Å². The standard InChI is InChI=1S/C24H25N3/c1-19(20-11-5-2-6-12-20)17-23(21-13-7-3-8-14-21)18-24(26-27-25)22-15-9-4-10-16-22/h2-16,19,23-24H,17-18H2,1H3. The van der Waals surface area contributed by atoms with E-state index in [-0.39, 0.29) is 6.04 Å². The molecule has 0 amide bonds. The van der Waals surface area contributed by atoms with Gasteiger partial charge in [0.25, 0.3) is 0 Å². The SMILES string of the molecule is CC(CC(CC(N=[N+]=[N-])c1ccccc1)c1ccccc1)c1ccccc1. The largest absolute Gasteiger partial charge is 0.0859 e. The highest BCUT2D eigenvalue weighted by molar-refractivity contribution is 5.25. The number of benzene rings is 3. The molecule has 0 aliphatic heterocycles. The fraction of sp³-hybridized carbons (Fsp3) is 0.250. The number of hydrogen-bond acceptors (Lipinski definition) is 1. The summed E-state index contributed by atoms with van der Waals surface area (Å²) >= 11 is 0. The molecule has 0 saturated carbocycles. The third kappa shape index (κ3) is 5.22. The summed E-state index contributed by atoms with van der Waals surface area (Å²) in [6.07, 6.45) is 1.81. The van der Waals surface area contributed by atoms with E-state index >= 15 is 0 Å². The van der Waals surface area contributed by atoms with Crippen LogP contribution in [0.3, 0.4) is 0 Å². The predicted molar refractivity (Wildman–Crippen MR) is 112 cm³/mol. The highest BCUT2D eigenvalue weighted by Crippen LogP contribution is 2.37. The Morgan fingerprint density at radius 3 is 1.70 bits per heavy atom. The molecule has 0 spiro atoms. The molecular formula is C24H25N3. The van der Waals surface area contributed by atoms with Crippen molar-refractivity contribution >= 4 is 0 Å². The molecule has 0 N–H and O–H groups in total. The minimum atomic E-state index is -0.163.